The van der Waals surface area contributed by atoms with Crippen molar-refractivity contribution in [2.75, 3.05) is 26.2 Å². The van der Waals surface area contributed by atoms with Crippen LogP contribution >= 0.6 is 0 Å². The van der Waals surface area contributed by atoms with E-state index in [1.165, 1.54) is 5.56 Å². The minimum Gasteiger partial charge on any atom is -0.314 e. The Bertz CT molecular complexity index is 630. The molecule has 2 aromatic rings. The van der Waals surface area contributed by atoms with Gasteiger partial charge >= 0.3 is 0 Å². The molecule has 2 aromatic carbocycles. The van der Waals surface area contributed by atoms with Crippen molar-refractivity contribution in [2.45, 2.75) is 19.4 Å². The van der Waals surface area contributed by atoms with E-state index in [1.54, 1.807) is 0 Å². The molecule has 1 unspecified atom stereocenters. The Labute approximate surface area is 138 Å². The topological polar surface area (TPSA) is 32.3 Å². The van der Waals surface area contributed by atoms with Crippen LogP contribution < -0.4 is 5.32 Å². The molecule has 0 radical (unpaired) electrons. The smallest absolute Gasteiger partial charge is 0.164 e. The SMILES string of the molecule is CC(CC(=O)c1ccc(-c2ccccc2)cc1)N1CCNCC1. The van der Waals surface area contributed by atoms with Gasteiger partial charge in [0, 0.05) is 44.2 Å². The van der Waals surface area contributed by atoms with Gasteiger partial charge in [0.1, 0.15) is 0 Å². The highest BCUT2D eigenvalue weighted by atomic mass is 16.1. The van der Waals surface area contributed by atoms with E-state index in [0.29, 0.717) is 12.5 Å². The molecule has 0 saturated carbocycles. The second-order valence-corrected chi connectivity index (χ2v) is 6.21. The maximum absolute atomic E-state index is 12.5. The van der Waals surface area contributed by atoms with Crippen molar-refractivity contribution in [3.05, 3.63) is 60.2 Å². The van der Waals surface area contributed by atoms with Crippen molar-refractivity contribution in [1.29, 1.82) is 0 Å². The van der Waals surface area contributed by atoms with Crippen molar-refractivity contribution in [1.82, 2.24) is 10.2 Å². The van der Waals surface area contributed by atoms with Crippen LogP contribution in [0.3, 0.4) is 0 Å². The summed E-state index contributed by atoms with van der Waals surface area (Å²) in [5.74, 6) is 0.232. The zero-order chi connectivity index (χ0) is 16.1. The van der Waals surface area contributed by atoms with E-state index in [4.69, 9.17) is 0 Å². The standard InChI is InChI=1S/C20H24N2O/c1-16(22-13-11-21-12-14-22)15-20(23)19-9-7-18(8-10-19)17-5-3-2-4-6-17/h2-10,16,21H,11-15H2,1H3. The number of benzene rings is 2. The summed E-state index contributed by atoms with van der Waals surface area (Å²) < 4.78 is 0. The van der Waals surface area contributed by atoms with Gasteiger partial charge < -0.3 is 5.32 Å². The Kier molecular flexibility index (Phi) is 5.21. The molecule has 1 atom stereocenters. The molecule has 1 aliphatic rings. The van der Waals surface area contributed by atoms with Crippen molar-refractivity contribution in [3.8, 4) is 11.1 Å². The molecule has 0 spiro atoms. The quantitative estimate of drug-likeness (QED) is 0.861. The summed E-state index contributed by atoms with van der Waals surface area (Å²) in [5, 5.41) is 3.35. The fraction of sp³-hybridized carbons (Fsp3) is 0.350. The third-order valence-electron chi connectivity index (χ3n) is 4.57. The number of rotatable bonds is 5. The largest absolute Gasteiger partial charge is 0.314 e. The van der Waals surface area contributed by atoms with Gasteiger partial charge in [0.25, 0.3) is 0 Å². The average molecular weight is 308 g/mol. The molecule has 3 rings (SSSR count). The molecular formula is C20H24N2O. The van der Waals surface area contributed by atoms with Crippen LogP contribution in [0.4, 0.5) is 0 Å². The molecule has 3 nitrogen and oxygen atoms in total. The number of nitrogens with zero attached hydrogens (tertiary/aromatic N) is 1. The molecule has 3 heteroatoms. The first-order valence-electron chi connectivity index (χ1n) is 8.37. The molecule has 1 N–H and O–H groups in total. The van der Waals surface area contributed by atoms with E-state index in [9.17, 15) is 4.79 Å². The van der Waals surface area contributed by atoms with Crippen LogP contribution in [0.1, 0.15) is 23.7 Å². The maximum Gasteiger partial charge on any atom is 0.164 e. The first-order valence-corrected chi connectivity index (χ1v) is 8.37. The molecule has 0 aromatic heterocycles. The van der Waals surface area contributed by atoms with E-state index in [2.05, 4.69) is 29.3 Å². The Balaban J connectivity index is 1.63. The van der Waals surface area contributed by atoms with Crippen LogP contribution in [-0.2, 0) is 0 Å². The number of nitrogens with one attached hydrogen (secondary N) is 1. The number of ketones is 1. The number of hydrogen-bond donors (Lipinski definition) is 1. The zero-order valence-corrected chi connectivity index (χ0v) is 13.7. The molecular weight excluding hydrogens is 284 g/mol. The molecule has 0 aliphatic carbocycles. The zero-order valence-electron chi connectivity index (χ0n) is 13.7. The van der Waals surface area contributed by atoms with Crippen molar-refractivity contribution in [3.63, 3.8) is 0 Å². The molecule has 23 heavy (non-hydrogen) atoms. The molecule has 1 heterocycles. The molecule has 120 valence electrons. The van der Waals surface area contributed by atoms with Gasteiger partial charge in [-0.3, -0.25) is 9.69 Å². The van der Waals surface area contributed by atoms with Gasteiger partial charge in [0.15, 0.2) is 5.78 Å². The van der Waals surface area contributed by atoms with E-state index in [-0.39, 0.29) is 5.78 Å². The number of carbonyl (C=O) groups is 1. The number of piperazine rings is 1. The summed E-state index contributed by atoms with van der Waals surface area (Å²) >= 11 is 0. The monoisotopic (exact) mass is 308 g/mol. The van der Waals surface area contributed by atoms with Crippen LogP contribution in [0.5, 0.6) is 0 Å². The second-order valence-electron chi connectivity index (χ2n) is 6.21. The molecule has 1 fully saturated rings. The van der Waals surface area contributed by atoms with Gasteiger partial charge in [-0.2, -0.15) is 0 Å². The summed E-state index contributed by atoms with van der Waals surface area (Å²) in [6.07, 6.45) is 0.588. The Morgan fingerprint density at radius 2 is 1.61 bits per heavy atom. The van der Waals surface area contributed by atoms with Crippen molar-refractivity contribution < 1.29 is 4.79 Å². The van der Waals surface area contributed by atoms with E-state index in [0.717, 1.165) is 37.3 Å². The van der Waals surface area contributed by atoms with Crippen LogP contribution in [0.25, 0.3) is 11.1 Å². The Hall–Kier alpha value is -1.97. The average Bonchev–Trinajstić information content (AvgIpc) is 2.63. The summed E-state index contributed by atoms with van der Waals surface area (Å²) in [6, 6.07) is 18.5. The van der Waals surface area contributed by atoms with Gasteiger partial charge in [-0.05, 0) is 18.1 Å². The summed E-state index contributed by atoms with van der Waals surface area (Å²) in [5.41, 5.74) is 3.14. The summed E-state index contributed by atoms with van der Waals surface area (Å²) in [6.45, 7) is 6.25. The van der Waals surface area contributed by atoms with Crippen LogP contribution in [0.2, 0.25) is 0 Å². The van der Waals surface area contributed by atoms with Gasteiger partial charge in [-0.25, -0.2) is 0 Å². The van der Waals surface area contributed by atoms with Gasteiger partial charge in [-0.15, -0.1) is 0 Å². The predicted molar refractivity (Wildman–Crippen MR) is 94.7 cm³/mol. The lowest BCUT2D eigenvalue weighted by Crippen LogP contribution is -2.48. The lowest BCUT2D eigenvalue weighted by molar-refractivity contribution is 0.0918. The first kappa shape index (κ1) is 15.9. The van der Waals surface area contributed by atoms with Crippen LogP contribution in [0, 0.1) is 0 Å². The van der Waals surface area contributed by atoms with Crippen molar-refractivity contribution >= 4 is 5.78 Å². The molecule has 1 saturated heterocycles. The lowest BCUT2D eigenvalue weighted by Gasteiger charge is -2.32. The molecule has 0 bridgehead atoms. The maximum atomic E-state index is 12.5. The van der Waals surface area contributed by atoms with E-state index >= 15 is 0 Å². The molecule has 0 amide bonds. The number of carbonyl (C=O) groups excluding carboxylic acids is 1. The van der Waals surface area contributed by atoms with Crippen LogP contribution in [0.15, 0.2) is 54.6 Å². The normalized spacial score (nSPS) is 16.9. The third kappa shape index (κ3) is 4.06. The highest BCUT2D eigenvalue weighted by Gasteiger charge is 2.19. The van der Waals surface area contributed by atoms with Gasteiger partial charge in [-0.1, -0.05) is 54.6 Å². The highest BCUT2D eigenvalue weighted by molar-refractivity contribution is 5.96. The van der Waals surface area contributed by atoms with E-state index in [1.807, 2.05) is 42.5 Å². The molecule has 1 aliphatic heterocycles. The predicted octanol–water partition coefficient (Wildman–Crippen LogP) is 3.22. The van der Waals surface area contributed by atoms with Gasteiger partial charge in [0.2, 0.25) is 0 Å². The minimum atomic E-state index is 0.232. The number of hydrogen-bond acceptors (Lipinski definition) is 3. The lowest BCUT2D eigenvalue weighted by atomic mass is 9.99. The Morgan fingerprint density at radius 3 is 2.26 bits per heavy atom. The van der Waals surface area contributed by atoms with Crippen molar-refractivity contribution in [2.24, 2.45) is 0 Å². The van der Waals surface area contributed by atoms with Crippen LogP contribution in [-0.4, -0.2) is 42.9 Å². The Morgan fingerprint density at radius 1 is 1.00 bits per heavy atom. The first-order chi connectivity index (χ1) is 11.2. The highest BCUT2D eigenvalue weighted by Crippen LogP contribution is 2.20. The van der Waals surface area contributed by atoms with E-state index < -0.39 is 0 Å². The second kappa shape index (κ2) is 7.53. The van der Waals surface area contributed by atoms with Gasteiger partial charge in [0.05, 0.1) is 0 Å². The summed E-state index contributed by atoms with van der Waals surface area (Å²) in [7, 11) is 0. The fourth-order valence-electron chi connectivity index (χ4n) is 3.12. The minimum absolute atomic E-state index is 0.232. The third-order valence-corrected chi connectivity index (χ3v) is 4.57. The number of Topliss-reactive ketones (excluding diaryl/α,β-unsaturated/α-hetero) is 1. The fourth-order valence-corrected chi connectivity index (χ4v) is 3.12. The summed E-state index contributed by atoms with van der Waals surface area (Å²) in [4.78, 5) is 14.9.